The van der Waals surface area contributed by atoms with Crippen LogP contribution in [0, 0.1) is 6.92 Å². The number of nitrogens with zero attached hydrogens (tertiary/aromatic N) is 4. The van der Waals surface area contributed by atoms with Crippen molar-refractivity contribution in [2.24, 2.45) is 0 Å². The second-order valence-corrected chi connectivity index (χ2v) is 6.83. The van der Waals surface area contributed by atoms with Crippen molar-refractivity contribution in [2.75, 3.05) is 19.1 Å². The van der Waals surface area contributed by atoms with E-state index in [-0.39, 0.29) is 17.9 Å². The molecule has 0 radical (unpaired) electrons. The Morgan fingerprint density at radius 3 is 2.59 bits per heavy atom. The zero-order chi connectivity index (χ0) is 16.3. The summed E-state index contributed by atoms with van der Waals surface area (Å²) in [6, 6.07) is 0. The summed E-state index contributed by atoms with van der Waals surface area (Å²) in [6.45, 7) is 3.57. The number of aromatic nitrogens is 4. The molecule has 2 heterocycles. The van der Waals surface area contributed by atoms with Crippen molar-refractivity contribution in [1.82, 2.24) is 19.8 Å². The predicted octanol–water partition coefficient (Wildman–Crippen LogP) is 1.81. The molecule has 0 N–H and O–H groups in total. The molecule has 2 aromatic heterocycles. The van der Waals surface area contributed by atoms with Crippen molar-refractivity contribution in [1.29, 1.82) is 0 Å². The van der Waals surface area contributed by atoms with Gasteiger partial charge in [0, 0.05) is 0 Å². The van der Waals surface area contributed by atoms with Crippen molar-refractivity contribution in [3.05, 3.63) is 25.3 Å². The minimum Gasteiger partial charge on any atom is -0.462 e. The first-order valence-corrected chi connectivity index (χ1v) is 9.53. The molecule has 0 spiro atoms. The van der Waals surface area contributed by atoms with Crippen LogP contribution in [0.15, 0.2) is 9.03 Å². The van der Waals surface area contributed by atoms with Gasteiger partial charge in [-0.2, -0.15) is 9.61 Å². The van der Waals surface area contributed by atoms with E-state index < -0.39 is 5.97 Å². The summed E-state index contributed by atoms with van der Waals surface area (Å²) in [7, 11) is 0. The van der Waals surface area contributed by atoms with E-state index in [0.717, 1.165) is 15.6 Å². The Kier molecular flexibility index (Phi) is 5.59. The average Bonchev–Trinajstić information content (AvgIpc) is 2.93. The fraction of sp³-hybridized carbons (Fsp3) is 0.417. The van der Waals surface area contributed by atoms with E-state index in [0.29, 0.717) is 15.5 Å². The topological polar surface area (TPSA) is 86.5 Å². The molecule has 0 saturated carbocycles. The number of carbonyl (C=O) groups excluding carboxylic acids is 1. The lowest BCUT2D eigenvalue weighted by molar-refractivity contribution is -0.136. The minimum absolute atomic E-state index is 0.256. The Balaban J connectivity index is 2.67. The summed E-state index contributed by atoms with van der Waals surface area (Å²) in [4.78, 5) is 24.6. The van der Waals surface area contributed by atoms with E-state index in [1.807, 2.05) is 12.5 Å². The normalized spacial score (nSPS) is 10.7. The summed E-state index contributed by atoms with van der Waals surface area (Å²) in [5.41, 5.74) is 0.269. The molecule has 0 aromatic carbocycles. The zero-order valence-corrected chi connectivity index (χ0v) is 14.9. The van der Waals surface area contributed by atoms with Crippen LogP contribution < -0.4 is 5.56 Å². The van der Waals surface area contributed by atoms with Crippen molar-refractivity contribution in [3.63, 3.8) is 0 Å². The van der Waals surface area contributed by atoms with Crippen molar-refractivity contribution in [2.45, 2.75) is 13.8 Å². The van der Waals surface area contributed by atoms with E-state index in [1.54, 1.807) is 13.8 Å². The quantitative estimate of drug-likeness (QED) is 0.591. The van der Waals surface area contributed by atoms with Crippen LogP contribution in [0.3, 0.4) is 0 Å². The Morgan fingerprint density at radius 2 is 2.00 bits per heavy atom. The maximum Gasteiger partial charge on any atom is 0.342 e. The number of hydrogen-bond donors (Lipinski definition) is 0. The van der Waals surface area contributed by atoms with Gasteiger partial charge in [0.05, 0.1) is 10.8 Å². The molecule has 0 fully saturated rings. The number of aryl methyl sites for hydroxylation is 1. The number of fused-ring (bicyclic) bond motifs is 1. The van der Waals surface area contributed by atoms with Gasteiger partial charge in [-0.05, 0) is 26.4 Å². The first-order valence-electron chi connectivity index (χ1n) is 6.26. The van der Waals surface area contributed by atoms with Crippen LogP contribution in [-0.4, -0.2) is 44.9 Å². The van der Waals surface area contributed by atoms with Crippen LogP contribution in [0.2, 0.25) is 0 Å². The van der Waals surface area contributed by atoms with E-state index in [4.69, 9.17) is 4.74 Å². The molecule has 118 valence electrons. The lowest BCUT2D eigenvalue weighted by atomic mass is 10.3. The highest BCUT2D eigenvalue weighted by Gasteiger charge is 2.23. The number of carbonyl (C=O) groups is 1. The van der Waals surface area contributed by atoms with E-state index in [1.165, 1.54) is 28.0 Å². The largest absolute Gasteiger partial charge is 0.462 e. The third kappa shape index (κ3) is 3.18. The molecule has 2 aromatic rings. The smallest absolute Gasteiger partial charge is 0.342 e. The highest BCUT2D eigenvalue weighted by Crippen LogP contribution is 2.35. The van der Waals surface area contributed by atoms with Crippen molar-refractivity contribution >= 4 is 51.4 Å². The number of hydrogen-bond acceptors (Lipinski definition) is 9. The van der Waals surface area contributed by atoms with Crippen LogP contribution >= 0.6 is 34.9 Å². The molecule has 0 amide bonds. The van der Waals surface area contributed by atoms with Gasteiger partial charge in [0.1, 0.15) is 11.3 Å². The Bertz CT molecular complexity index is 791. The summed E-state index contributed by atoms with van der Waals surface area (Å²) < 4.78 is 7.05. The second-order valence-electron chi connectivity index (χ2n) is 3.98. The third-order valence-electron chi connectivity index (χ3n) is 2.62. The van der Waals surface area contributed by atoms with Gasteiger partial charge in [0.2, 0.25) is 4.96 Å². The Hall–Kier alpha value is -1.39. The lowest BCUT2D eigenvalue weighted by Crippen LogP contribution is -2.19. The summed E-state index contributed by atoms with van der Waals surface area (Å²) in [5.74, 6) is -0.460. The van der Waals surface area contributed by atoms with Gasteiger partial charge in [-0.3, -0.25) is 4.79 Å². The third-order valence-corrected chi connectivity index (χ3v) is 5.68. The molecular weight excluding hydrogens is 344 g/mol. The van der Waals surface area contributed by atoms with Gasteiger partial charge in [-0.15, -0.1) is 33.7 Å². The molecule has 0 aliphatic heterocycles. The van der Waals surface area contributed by atoms with Gasteiger partial charge in [-0.25, -0.2) is 4.79 Å². The van der Waals surface area contributed by atoms with Crippen LogP contribution in [0.4, 0.5) is 0 Å². The van der Waals surface area contributed by atoms with Crippen LogP contribution in [0.25, 0.3) is 10.5 Å². The standard InChI is InChI=1S/C12H14N4O3S3/c1-5-19-10(18)7(11(20-3)21-4)8-15-16-9(17)6(2)13-14-12(16)22-8/h5H2,1-4H3. The predicted molar refractivity (Wildman–Crippen MR) is 90.2 cm³/mol. The molecular formula is C12H14N4O3S3. The molecule has 10 heteroatoms. The van der Waals surface area contributed by atoms with Gasteiger partial charge in [-0.1, -0.05) is 11.3 Å². The fourth-order valence-corrected chi connectivity index (χ4v) is 4.08. The van der Waals surface area contributed by atoms with Gasteiger partial charge < -0.3 is 4.74 Å². The number of rotatable bonds is 5. The van der Waals surface area contributed by atoms with E-state index in [9.17, 15) is 9.59 Å². The molecule has 0 aliphatic rings. The first-order chi connectivity index (χ1) is 10.5. The minimum atomic E-state index is -0.460. The summed E-state index contributed by atoms with van der Waals surface area (Å²) in [5, 5.41) is 12.4. The highest BCUT2D eigenvalue weighted by atomic mass is 32.2. The average molecular weight is 358 g/mol. The van der Waals surface area contributed by atoms with Crippen LogP contribution in [0.1, 0.15) is 17.6 Å². The van der Waals surface area contributed by atoms with Crippen LogP contribution in [-0.2, 0) is 9.53 Å². The number of thioether (sulfide) groups is 2. The molecule has 2 rings (SSSR count). The Morgan fingerprint density at radius 1 is 1.32 bits per heavy atom. The number of ether oxygens (including phenoxy) is 1. The van der Waals surface area contributed by atoms with E-state index in [2.05, 4.69) is 15.3 Å². The van der Waals surface area contributed by atoms with E-state index >= 15 is 0 Å². The molecule has 0 unspecified atom stereocenters. The number of esters is 1. The first kappa shape index (κ1) is 17.0. The Labute approximate surface area is 139 Å². The summed E-state index contributed by atoms with van der Waals surface area (Å²) in [6.07, 6.45) is 3.74. The fourth-order valence-electron chi connectivity index (χ4n) is 1.64. The lowest BCUT2D eigenvalue weighted by Gasteiger charge is -2.08. The van der Waals surface area contributed by atoms with Crippen molar-refractivity contribution < 1.29 is 9.53 Å². The molecule has 22 heavy (non-hydrogen) atoms. The molecule has 0 bridgehead atoms. The maximum absolute atomic E-state index is 12.3. The van der Waals surface area contributed by atoms with Crippen LogP contribution in [0.5, 0.6) is 0 Å². The maximum atomic E-state index is 12.3. The van der Waals surface area contributed by atoms with Gasteiger partial charge in [0.25, 0.3) is 5.56 Å². The van der Waals surface area contributed by atoms with Gasteiger partial charge >= 0.3 is 5.97 Å². The summed E-state index contributed by atoms with van der Waals surface area (Å²) >= 11 is 3.99. The van der Waals surface area contributed by atoms with Gasteiger partial charge in [0.15, 0.2) is 5.01 Å². The molecule has 0 atom stereocenters. The molecule has 0 saturated heterocycles. The second kappa shape index (κ2) is 7.25. The monoisotopic (exact) mass is 358 g/mol. The molecule has 0 aliphatic carbocycles. The SMILES string of the molecule is CCOC(=O)C(=C(SC)SC)c1nn2c(=O)c(C)nnc2s1. The highest BCUT2D eigenvalue weighted by molar-refractivity contribution is 8.22. The van der Waals surface area contributed by atoms with Crippen molar-refractivity contribution in [3.8, 4) is 0 Å². The zero-order valence-electron chi connectivity index (χ0n) is 12.4. The molecule has 7 nitrogen and oxygen atoms in total.